The lowest BCUT2D eigenvalue weighted by Gasteiger charge is -2.26. The van der Waals surface area contributed by atoms with Crippen LogP contribution in [0.1, 0.15) is 32.6 Å². The molecule has 1 rings (SSSR count). The monoisotopic (exact) mass is 187 g/mol. The summed E-state index contributed by atoms with van der Waals surface area (Å²) >= 11 is 0. The number of hydrogen-bond acceptors (Lipinski definition) is 3. The van der Waals surface area contributed by atoms with Crippen molar-refractivity contribution in [2.24, 2.45) is 0 Å². The molecule has 0 radical (unpaired) electrons. The van der Waals surface area contributed by atoms with Gasteiger partial charge >= 0.3 is 0 Å². The first-order valence-electron chi connectivity index (χ1n) is 5.33. The Labute approximate surface area is 80.5 Å². The number of rotatable bonds is 7. The number of hydrogen-bond donors (Lipinski definition) is 2. The summed E-state index contributed by atoms with van der Waals surface area (Å²) < 4.78 is 5.48. The molecule has 0 saturated heterocycles. The van der Waals surface area contributed by atoms with E-state index in [1.807, 2.05) is 0 Å². The third-order valence-electron chi connectivity index (χ3n) is 2.38. The average molecular weight is 187 g/mol. The summed E-state index contributed by atoms with van der Waals surface area (Å²) in [5.41, 5.74) is 0. The first-order valence-corrected chi connectivity index (χ1v) is 5.33. The van der Waals surface area contributed by atoms with E-state index in [1.54, 1.807) is 0 Å². The normalized spacial score (nSPS) is 19.8. The second kappa shape index (κ2) is 6.35. The Morgan fingerprint density at radius 1 is 1.54 bits per heavy atom. The zero-order valence-electron chi connectivity index (χ0n) is 8.46. The SMILES string of the molecule is CCCNCC(O)COC1CCC1. The van der Waals surface area contributed by atoms with Gasteiger partial charge in [0.15, 0.2) is 0 Å². The van der Waals surface area contributed by atoms with Gasteiger partial charge in [-0.15, -0.1) is 0 Å². The van der Waals surface area contributed by atoms with Crippen molar-refractivity contribution in [1.29, 1.82) is 0 Å². The molecule has 3 nitrogen and oxygen atoms in total. The Morgan fingerprint density at radius 3 is 2.85 bits per heavy atom. The van der Waals surface area contributed by atoms with Crippen LogP contribution >= 0.6 is 0 Å². The minimum atomic E-state index is -0.341. The van der Waals surface area contributed by atoms with Crippen LogP contribution in [-0.4, -0.2) is 37.0 Å². The van der Waals surface area contributed by atoms with Gasteiger partial charge in [0.2, 0.25) is 0 Å². The molecular weight excluding hydrogens is 166 g/mol. The Morgan fingerprint density at radius 2 is 2.31 bits per heavy atom. The lowest BCUT2D eigenvalue weighted by molar-refractivity contribution is -0.0409. The van der Waals surface area contributed by atoms with Gasteiger partial charge in [-0.2, -0.15) is 0 Å². The van der Waals surface area contributed by atoms with E-state index in [1.165, 1.54) is 19.3 Å². The van der Waals surface area contributed by atoms with Crippen molar-refractivity contribution in [2.45, 2.75) is 44.8 Å². The van der Waals surface area contributed by atoms with E-state index in [9.17, 15) is 5.11 Å². The van der Waals surface area contributed by atoms with Crippen LogP contribution in [0.15, 0.2) is 0 Å². The van der Waals surface area contributed by atoms with E-state index >= 15 is 0 Å². The minimum absolute atomic E-state index is 0.341. The van der Waals surface area contributed by atoms with Crippen molar-refractivity contribution >= 4 is 0 Å². The Bertz CT molecular complexity index is 126. The van der Waals surface area contributed by atoms with Crippen LogP contribution in [0.3, 0.4) is 0 Å². The fourth-order valence-electron chi connectivity index (χ4n) is 1.29. The van der Waals surface area contributed by atoms with E-state index < -0.39 is 0 Å². The fraction of sp³-hybridized carbons (Fsp3) is 1.00. The van der Waals surface area contributed by atoms with Crippen molar-refractivity contribution in [2.75, 3.05) is 19.7 Å². The van der Waals surface area contributed by atoms with Crippen LogP contribution in [0, 0.1) is 0 Å². The number of aliphatic hydroxyl groups excluding tert-OH is 1. The lowest BCUT2D eigenvalue weighted by atomic mass is 9.96. The summed E-state index contributed by atoms with van der Waals surface area (Å²) in [6, 6.07) is 0. The number of ether oxygens (including phenoxy) is 1. The summed E-state index contributed by atoms with van der Waals surface area (Å²) in [6.07, 6.45) is 4.84. The van der Waals surface area contributed by atoms with Gasteiger partial charge in [-0.05, 0) is 32.2 Å². The molecule has 1 fully saturated rings. The summed E-state index contributed by atoms with van der Waals surface area (Å²) in [5.74, 6) is 0. The molecule has 0 aromatic heterocycles. The van der Waals surface area contributed by atoms with Crippen molar-refractivity contribution < 1.29 is 9.84 Å². The molecule has 3 heteroatoms. The van der Waals surface area contributed by atoms with E-state index in [0.29, 0.717) is 19.3 Å². The van der Waals surface area contributed by atoms with Crippen LogP contribution in [0.2, 0.25) is 0 Å². The molecule has 0 aliphatic heterocycles. The largest absolute Gasteiger partial charge is 0.389 e. The van der Waals surface area contributed by atoms with Crippen molar-refractivity contribution in [3.63, 3.8) is 0 Å². The standard InChI is InChI=1S/C10H21NO2/c1-2-6-11-7-9(12)8-13-10-4-3-5-10/h9-12H,2-8H2,1H3. The van der Waals surface area contributed by atoms with Crippen LogP contribution in [0.4, 0.5) is 0 Å². The predicted molar refractivity (Wildman–Crippen MR) is 52.8 cm³/mol. The first-order chi connectivity index (χ1) is 6.33. The Kier molecular flexibility index (Phi) is 5.35. The number of nitrogens with one attached hydrogen (secondary N) is 1. The maximum atomic E-state index is 9.46. The van der Waals surface area contributed by atoms with E-state index in [0.717, 1.165) is 13.0 Å². The van der Waals surface area contributed by atoms with Gasteiger partial charge in [0, 0.05) is 6.54 Å². The molecule has 1 atom stereocenters. The highest BCUT2D eigenvalue weighted by atomic mass is 16.5. The minimum Gasteiger partial charge on any atom is -0.389 e. The van der Waals surface area contributed by atoms with Gasteiger partial charge < -0.3 is 15.2 Å². The van der Waals surface area contributed by atoms with Gasteiger partial charge in [0.25, 0.3) is 0 Å². The molecule has 0 spiro atoms. The molecule has 78 valence electrons. The molecule has 0 aromatic carbocycles. The Hall–Kier alpha value is -0.120. The lowest BCUT2D eigenvalue weighted by Crippen LogP contribution is -2.33. The molecule has 1 unspecified atom stereocenters. The zero-order valence-corrected chi connectivity index (χ0v) is 8.46. The second-order valence-corrected chi connectivity index (χ2v) is 3.74. The van der Waals surface area contributed by atoms with Crippen LogP contribution in [0.5, 0.6) is 0 Å². The molecule has 2 N–H and O–H groups in total. The molecule has 1 saturated carbocycles. The van der Waals surface area contributed by atoms with E-state index in [4.69, 9.17) is 4.74 Å². The Balaban J connectivity index is 1.87. The van der Waals surface area contributed by atoms with E-state index in [-0.39, 0.29) is 6.10 Å². The predicted octanol–water partition coefficient (Wildman–Crippen LogP) is 0.916. The quantitative estimate of drug-likeness (QED) is 0.582. The highest BCUT2D eigenvalue weighted by molar-refractivity contribution is 4.70. The maximum Gasteiger partial charge on any atom is 0.0897 e. The molecule has 0 amide bonds. The summed E-state index contributed by atoms with van der Waals surface area (Å²) in [4.78, 5) is 0. The van der Waals surface area contributed by atoms with Crippen molar-refractivity contribution in [3.8, 4) is 0 Å². The van der Waals surface area contributed by atoms with Crippen LogP contribution < -0.4 is 5.32 Å². The molecule has 0 bridgehead atoms. The van der Waals surface area contributed by atoms with Crippen LogP contribution in [-0.2, 0) is 4.74 Å². The van der Waals surface area contributed by atoms with Gasteiger partial charge in [0.05, 0.1) is 18.8 Å². The van der Waals surface area contributed by atoms with Crippen LogP contribution in [0.25, 0.3) is 0 Å². The topological polar surface area (TPSA) is 41.5 Å². The average Bonchev–Trinajstić information content (AvgIpc) is 2.02. The molecule has 13 heavy (non-hydrogen) atoms. The molecule has 1 aliphatic carbocycles. The van der Waals surface area contributed by atoms with Crippen molar-refractivity contribution in [3.05, 3.63) is 0 Å². The first kappa shape index (κ1) is 11.0. The fourth-order valence-corrected chi connectivity index (χ4v) is 1.29. The number of aliphatic hydroxyl groups is 1. The highest BCUT2D eigenvalue weighted by Crippen LogP contribution is 2.21. The summed E-state index contributed by atoms with van der Waals surface area (Å²) in [5, 5.41) is 12.6. The van der Waals surface area contributed by atoms with E-state index in [2.05, 4.69) is 12.2 Å². The highest BCUT2D eigenvalue weighted by Gasteiger charge is 2.18. The summed E-state index contributed by atoms with van der Waals surface area (Å²) in [6.45, 7) is 4.23. The summed E-state index contributed by atoms with van der Waals surface area (Å²) in [7, 11) is 0. The third kappa shape index (κ3) is 4.60. The molecule has 0 heterocycles. The zero-order chi connectivity index (χ0) is 9.52. The van der Waals surface area contributed by atoms with Gasteiger partial charge in [-0.3, -0.25) is 0 Å². The molecular formula is C10H21NO2. The molecule has 1 aliphatic rings. The third-order valence-corrected chi connectivity index (χ3v) is 2.38. The van der Waals surface area contributed by atoms with Gasteiger partial charge in [-0.25, -0.2) is 0 Å². The maximum absolute atomic E-state index is 9.46. The second-order valence-electron chi connectivity index (χ2n) is 3.74. The molecule has 0 aromatic rings. The van der Waals surface area contributed by atoms with Gasteiger partial charge in [-0.1, -0.05) is 6.92 Å². The smallest absolute Gasteiger partial charge is 0.0897 e. The van der Waals surface area contributed by atoms with Gasteiger partial charge in [0.1, 0.15) is 0 Å². The van der Waals surface area contributed by atoms with Crippen molar-refractivity contribution in [1.82, 2.24) is 5.32 Å².